The molecule has 3 aromatic carbocycles. The summed E-state index contributed by atoms with van der Waals surface area (Å²) in [5.41, 5.74) is 4.30. The third kappa shape index (κ3) is 4.21. The number of anilines is 1. The Kier molecular flexibility index (Phi) is 5.47. The van der Waals surface area contributed by atoms with E-state index in [0.717, 1.165) is 22.0 Å². The maximum Gasteiger partial charge on any atom is 0.279 e. The molecule has 0 atom stereocenters. The molecule has 0 aliphatic carbocycles. The fraction of sp³-hybridized carbons (Fsp3) is 0.115. The molecule has 5 rings (SSSR count). The fourth-order valence-corrected chi connectivity index (χ4v) is 3.78. The Morgan fingerprint density at radius 1 is 1.00 bits per heavy atom. The van der Waals surface area contributed by atoms with Crippen LogP contribution in [0.1, 0.15) is 22.8 Å². The number of benzene rings is 3. The van der Waals surface area contributed by atoms with Crippen LogP contribution in [0.2, 0.25) is 0 Å². The number of rotatable bonds is 6. The minimum atomic E-state index is -0.272. The molecule has 5 aromatic rings. The quantitative estimate of drug-likeness (QED) is 0.368. The fourth-order valence-electron chi connectivity index (χ4n) is 3.78. The summed E-state index contributed by atoms with van der Waals surface area (Å²) < 4.78 is 7.14. The molecular weight excluding hydrogens is 430 g/mol. The number of carbonyl (C=O) groups is 2. The van der Waals surface area contributed by atoms with Gasteiger partial charge in [-0.1, -0.05) is 59.3 Å². The first-order valence-corrected chi connectivity index (χ1v) is 10.8. The van der Waals surface area contributed by atoms with E-state index in [2.05, 4.69) is 20.6 Å². The molecule has 0 aliphatic heterocycles. The lowest BCUT2D eigenvalue weighted by molar-refractivity contribution is -0.116. The summed E-state index contributed by atoms with van der Waals surface area (Å²) in [5, 5.41) is 12.4. The average molecular weight is 451 g/mol. The second-order valence-electron chi connectivity index (χ2n) is 8.00. The van der Waals surface area contributed by atoms with Crippen molar-refractivity contribution in [2.24, 2.45) is 0 Å². The normalized spacial score (nSPS) is 11.0. The number of hydrogen-bond donors (Lipinski definition) is 1. The van der Waals surface area contributed by atoms with Crippen LogP contribution in [-0.4, -0.2) is 31.6 Å². The van der Waals surface area contributed by atoms with E-state index in [1.54, 1.807) is 28.9 Å². The zero-order chi connectivity index (χ0) is 23.7. The molecule has 34 heavy (non-hydrogen) atoms. The van der Waals surface area contributed by atoms with Crippen LogP contribution >= 0.6 is 0 Å². The number of amides is 1. The van der Waals surface area contributed by atoms with Crippen molar-refractivity contribution in [2.45, 2.75) is 20.4 Å². The van der Waals surface area contributed by atoms with Gasteiger partial charge in [-0.15, -0.1) is 0 Å². The van der Waals surface area contributed by atoms with E-state index < -0.39 is 0 Å². The van der Waals surface area contributed by atoms with Crippen LogP contribution in [0.25, 0.3) is 33.9 Å². The summed E-state index contributed by atoms with van der Waals surface area (Å²) in [5.74, 6) is 0.413. The number of ketones is 1. The van der Waals surface area contributed by atoms with Gasteiger partial charge in [0.25, 0.3) is 5.89 Å². The lowest BCUT2D eigenvalue weighted by Crippen LogP contribution is -2.19. The number of para-hydroxylation sites is 1. The Balaban J connectivity index is 1.44. The van der Waals surface area contributed by atoms with Gasteiger partial charge >= 0.3 is 0 Å². The SMILES string of the molecule is CC(=O)c1cccc(NC(=O)Cn2nc(-c3nc(-c4cccc(C)c4)no3)c3ccccc32)c1. The van der Waals surface area contributed by atoms with Crippen LogP contribution < -0.4 is 5.32 Å². The van der Waals surface area contributed by atoms with Gasteiger partial charge in [0.05, 0.1) is 5.52 Å². The van der Waals surface area contributed by atoms with E-state index in [1.165, 1.54) is 6.92 Å². The van der Waals surface area contributed by atoms with Gasteiger partial charge in [-0.05, 0) is 38.1 Å². The van der Waals surface area contributed by atoms with Gasteiger partial charge in [-0.3, -0.25) is 14.3 Å². The predicted molar refractivity (Wildman–Crippen MR) is 128 cm³/mol. The molecule has 0 saturated carbocycles. The second kappa shape index (κ2) is 8.74. The zero-order valence-electron chi connectivity index (χ0n) is 18.6. The number of aromatic nitrogens is 4. The third-order valence-corrected chi connectivity index (χ3v) is 5.41. The van der Waals surface area contributed by atoms with Crippen LogP contribution in [0, 0.1) is 6.92 Å². The van der Waals surface area contributed by atoms with Crippen molar-refractivity contribution in [2.75, 3.05) is 5.32 Å². The van der Waals surface area contributed by atoms with E-state index in [1.807, 2.05) is 55.5 Å². The van der Waals surface area contributed by atoms with Crippen molar-refractivity contribution in [3.05, 3.63) is 83.9 Å². The summed E-state index contributed by atoms with van der Waals surface area (Å²) >= 11 is 0. The Labute approximate surface area is 195 Å². The molecular formula is C26H21N5O3. The Morgan fingerprint density at radius 2 is 1.82 bits per heavy atom. The second-order valence-corrected chi connectivity index (χ2v) is 8.00. The summed E-state index contributed by atoms with van der Waals surface area (Å²) in [6.45, 7) is 3.46. The van der Waals surface area contributed by atoms with Crippen molar-refractivity contribution < 1.29 is 14.1 Å². The van der Waals surface area contributed by atoms with Crippen molar-refractivity contribution in [1.29, 1.82) is 0 Å². The maximum absolute atomic E-state index is 12.8. The number of aryl methyl sites for hydroxylation is 1. The van der Waals surface area contributed by atoms with E-state index >= 15 is 0 Å². The monoisotopic (exact) mass is 451 g/mol. The summed E-state index contributed by atoms with van der Waals surface area (Å²) in [4.78, 5) is 28.9. The van der Waals surface area contributed by atoms with Gasteiger partial charge in [0, 0.05) is 22.2 Å². The first-order chi connectivity index (χ1) is 16.5. The van der Waals surface area contributed by atoms with E-state index in [9.17, 15) is 9.59 Å². The Bertz CT molecular complexity index is 1530. The number of hydrogen-bond acceptors (Lipinski definition) is 6. The van der Waals surface area contributed by atoms with Gasteiger partial charge in [0.1, 0.15) is 6.54 Å². The summed E-state index contributed by atoms with van der Waals surface area (Å²) in [7, 11) is 0. The van der Waals surface area contributed by atoms with E-state index in [-0.39, 0.29) is 24.1 Å². The minimum Gasteiger partial charge on any atom is -0.332 e. The molecule has 0 radical (unpaired) electrons. The first kappa shape index (κ1) is 21.3. The molecule has 0 saturated heterocycles. The van der Waals surface area contributed by atoms with E-state index in [0.29, 0.717) is 22.8 Å². The van der Waals surface area contributed by atoms with Gasteiger partial charge in [-0.25, -0.2) is 0 Å². The number of nitrogens with zero attached hydrogens (tertiary/aromatic N) is 4. The lowest BCUT2D eigenvalue weighted by Gasteiger charge is -2.07. The van der Waals surface area contributed by atoms with Crippen molar-refractivity contribution in [3.63, 3.8) is 0 Å². The lowest BCUT2D eigenvalue weighted by atomic mass is 10.1. The van der Waals surface area contributed by atoms with Gasteiger partial charge < -0.3 is 9.84 Å². The van der Waals surface area contributed by atoms with Gasteiger partial charge in [-0.2, -0.15) is 10.1 Å². The molecule has 168 valence electrons. The van der Waals surface area contributed by atoms with Crippen molar-refractivity contribution >= 4 is 28.3 Å². The zero-order valence-corrected chi connectivity index (χ0v) is 18.6. The molecule has 2 aromatic heterocycles. The third-order valence-electron chi connectivity index (χ3n) is 5.41. The van der Waals surface area contributed by atoms with Gasteiger partial charge in [0.2, 0.25) is 11.7 Å². The molecule has 0 fully saturated rings. The molecule has 8 heteroatoms. The average Bonchev–Trinajstić information content (AvgIpc) is 3.45. The standard InChI is InChI=1S/C26H21N5O3/c1-16-7-5-9-19(13-16)25-28-26(34-30-25)24-21-11-3-4-12-22(21)31(29-24)15-23(33)27-20-10-6-8-18(14-20)17(2)32/h3-14H,15H2,1-2H3,(H,27,33). The highest BCUT2D eigenvalue weighted by molar-refractivity contribution is 5.98. The highest BCUT2D eigenvalue weighted by atomic mass is 16.5. The minimum absolute atomic E-state index is 0.0241. The van der Waals surface area contributed by atoms with Crippen LogP contribution in [0.5, 0.6) is 0 Å². The molecule has 2 heterocycles. The van der Waals surface area contributed by atoms with Crippen molar-refractivity contribution in [3.8, 4) is 23.0 Å². The van der Waals surface area contributed by atoms with Crippen LogP contribution in [-0.2, 0) is 11.3 Å². The largest absolute Gasteiger partial charge is 0.332 e. The van der Waals surface area contributed by atoms with Gasteiger partial charge in [0.15, 0.2) is 11.5 Å². The molecule has 0 spiro atoms. The smallest absolute Gasteiger partial charge is 0.279 e. The first-order valence-electron chi connectivity index (χ1n) is 10.8. The predicted octanol–water partition coefficient (Wildman–Crippen LogP) is 4.90. The van der Waals surface area contributed by atoms with Crippen LogP contribution in [0.15, 0.2) is 77.3 Å². The van der Waals surface area contributed by atoms with Crippen molar-refractivity contribution in [1.82, 2.24) is 19.9 Å². The Morgan fingerprint density at radius 3 is 2.65 bits per heavy atom. The number of nitrogens with one attached hydrogen (secondary N) is 1. The maximum atomic E-state index is 12.8. The molecule has 1 amide bonds. The summed E-state index contributed by atoms with van der Waals surface area (Å²) in [6, 6.07) is 22.2. The summed E-state index contributed by atoms with van der Waals surface area (Å²) in [6.07, 6.45) is 0. The molecule has 0 unspecified atom stereocenters. The molecule has 0 bridgehead atoms. The number of Topliss-reactive ketones (excluding diaryl/α,β-unsaturated/α-hetero) is 1. The van der Waals surface area contributed by atoms with Crippen LogP contribution in [0.3, 0.4) is 0 Å². The highest BCUT2D eigenvalue weighted by Crippen LogP contribution is 2.28. The highest BCUT2D eigenvalue weighted by Gasteiger charge is 2.20. The van der Waals surface area contributed by atoms with Crippen LogP contribution in [0.4, 0.5) is 5.69 Å². The number of carbonyl (C=O) groups excluding carboxylic acids is 2. The molecule has 8 nitrogen and oxygen atoms in total. The number of fused-ring (bicyclic) bond motifs is 1. The molecule has 1 N–H and O–H groups in total. The Hall–Kier alpha value is -4.59. The van der Waals surface area contributed by atoms with E-state index in [4.69, 9.17) is 4.52 Å². The topological polar surface area (TPSA) is 103 Å². The molecule has 0 aliphatic rings.